The van der Waals surface area contributed by atoms with Gasteiger partial charge in [-0.3, -0.25) is 4.79 Å². The molecule has 1 spiro atoms. The van der Waals surface area contributed by atoms with Gasteiger partial charge in [-0.15, -0.1) is 0 Å². The molecular formula is C61H70O11. The van der Waals surface area contributed by atoms with Crippen molar-refractivity contribution in [2.75, 3.05) is 26.9 Å². The van der Waals surface area contributed by atoms with Crippen LogP contribution in [0.5, 0.6) is 5.75 Å². The molecule has 0 radical (unpaired) electrons. The van der Waals surface area contributed by atoms with E-state index in [1.807, 2.05) is 12.1 Å². The Morgan fingerprint density at radius 2 is 1.60 bits per heavy atom. The van der Waals surface area contributed by atoms with Crippen molar-refractivity contribution in [2.45, 2.75) is 145 Å². The number of fused-ring (bicyclic) bond motifs is 13. The molecule has 380 valence electrons. The highest BCUT2D eigenvalue weighted by Crippen LogP contribution is 2.58. The summed E-state index contributed by atoms with van der Waals surface area (Å²) in [7, 11) is 1.52. The standard InChI is InChI=1S/C61H70O11/c1-37(34-63)47-23-19-38-17-20-41(21-18-38)48-24-22-44(43-14-8-12-40(31-43)30-39-10-4-3-5-11-39)32-46(48)33-53(65)69-57-55-52(72-61(58(57)71-59(47)66)28-9-15-42-13-6-7-16-51(42)61)26-25-49-50(35-64)54(60(67)70-56(49)55)45(27-29-62)36-68-2/h3-5,8,10-12,14,17-18,20-21,25-26,31,42,44-46,48,51,57-58,62-64H,6-7,9,13,15-16,19,22-24,27-30,32-36H2,1-2H3. The zero-order valence-corrected chi connectivity index (χ0v) is 41.8. The van der Waals surface area contributed by atoms with Gasteiger partial charge in [-0.05, 0) is 152 Å². The summed E-state index contributed by atoms with van der Waals surface area (Å²) < 4.78 is 33.2. The fourth-order valence-electron chi connectivity index (χ4n) is 13.8. The van der Waals surface area contributed by atoms with Crippen molar-refractivity contribution in [1.29, 1.82) is 0 Å². The van der Waals surface area contributed by atoms with Crippen molar-refractivity contribution in [3.63, 3.8) is 0 Å². The molecule has 11 nitrogen and oxygen atoms in total. The number of hydrogen-bond donors (Lipinski definition) is 3. The third-order valence-corrected chi connectivity index (χ3v) is 17.3. The predicted octanol–water partition coefficient (Wildman–Crippen LogP) is 10.6. The van der Waals surface area contributed by atoms with Gasteiger partial charge in [0.1, 0.15) is 11.3 Å². The average Bonchev–Trinajstić information content (AvgIpc) is 3.39. The molecule has 3 saturated carbocycles. The number of hydrogen-bond acceptors (Lipinski definition) is 11. The van der Waals surface area contributed by atoms with Crippen LogP contribution in [0, 0.1) is 17.8 Å². The van der Waals surface area contributed by atoms with Gasteiger partial charge in [0.15, 0.2) is 17.8 Å². The lowest BCUT2D eigenvalue weighted by Gasteiger charge is -2.56. The van der Waals surface area contributed by atoms with Gasteiger partial charge in [0.05, 0.1) is 25.4 Å². The van der Waals surface area contributed by atoms with Gasteiger partial charge in [-0.1, -0.05) is 98.1 Å². The summed E-state index contributed by atoms with van der Waals surface area (Å²) in [5.41, 5.74) is 5.88. The molecule has 9 atom stereocenters. The molecule has 5 aromatic rings. The first-order valence-corrected chi connectivity index (χ1v) is 26.6. The van der Waals surface area contributed by atoms with Gasteiger partial charge in [0.2, 0.25) is 0 Å². The summed E-state index contributed by atoms with van der Waals surface area (Å²) in [5.74, 6) is -0.826. The quantitative estimate of drug-likeness (QED) is 0.0694. The topological polar surface area (TPSA) is 162 Å². The van der Waals surface area contributed by atoms with Gasteiger partial charge in [-0.25, -0.2) is 9.59 Å². The molecule has 3 aliphatic heterocycles. The number of ether oxygens (including phenoxy) is 4. The Morgan fingerprint density at radius 1 is 0.806 bits per heavy atom. The van der Waals surface area contributed by atoms with Crippen molar-refractivity contribution in [3.8, 4) is 5.75 Å². The van der Waals surface area contributed by atoms with Crippen molar-refractivity contribution in [2.24, 2.45) is 17.8 Å². The summed E-state index contributed by atoms with van der Waals surface area (Å²) in [6.07, 6.45) is 8.41. The van der Waals surface area contributed by atoms with Crippen molar-refractivity contribution >= 4 is 22.9 Å². The smallest absolute Gasteiger partial charge is 0.340 e. The second kappa shape index (κ2) is 21.9. The van der Waals surface area contributed by atoms with Crippen molar-refractivity contribution in [3.05, 3.63) is 157 Å². The third-order valence-electron chi connectivity index (χ3n) is 17.3. The average molecular weight is 979 g/mol. The van der Waals surface area contributed by atoms with E-state index in [0.717, 1.165) is 75.3 Å². The van der Waals surface area contributed by atoms with E-state index in [1.54, 1.807) is 13.0 Å². The molecular weight excluding hydrogens is 909 g/mol. The number of carbonyl (C=O) groups is 2. The zero-order chi connectivity index (χ0) is 49.9. The van der Waals surface area contributed by atoms with Crippen LogP contribution in [-0.2, 0) is 43.2 Å². The number of esters is 2. The Labute approximate surface area is 422 Å². The highest BCUT2D eigenvalue weighted by Gasteiger charge is 2.62. The number of aryl methyl sites for hydroxylation is 1. The van der Waals surface area contributed by atoms with Gasteiger partial charge in [0.25, 0.3) is 0 Å². The molecule has 2 bridgehead atoms. The first kappa shape index (κ1) is 50.0. The maximum absolute atomic E-state index is 15.4. The SMILES string of the molecule is COCC(CCO)c1c(CO)c2ccc3c(c2oc1=O)C1OC(=O)CC2CC(c4cccc(Cc5ccccc5)c4)CCC2c2ccc(cc2)CCC(=C(C)CO)C(=O)OC1C1(CCCC2CCCCC21)O3. The van der Waals surface area contributed by atoms with E-state index in [0.29, 0.717) is 53.0 Å². The minimum absolute atomic E-state index is 0.0328. The van der Waals surface area contributed by atoms with Crippen LogP contribution in [-0.4, -0.2) is 65.9 Å². The summed E-state index contributed by atoms with van der Waals surface area (Å²) in [4.78, 5) is 44.9. The number of rotatable bonds is 10. The van der Waals surface area contributed by atoms with Crippen LogP contribution in [0.3, 0.4) is 0 Å². The first-order valence-electron chi connectivity index (χ1n) is 26.6. The highest BCUT2D eigenvalue weighted by molar-refractivity contribution is 5.90. The highest BCUT2D eigenvalue weighted by atomic mass is 16.6. The summed E-state index contributed by atoms with van der Waals surface area (Å²) in [5, 5.41) is 32.2. The Hall–Kier alpha value is -5.59. The fourth-order valence-corrected chi connectivity index (χ4v) is 13.8. The molecule has 72 heavy (non-hydrogen) atoms. The van der Waals surface area contributed by atoms with E-state index < -0.39 is 47.9 Å². The number of benzene rings is 4. The Balaban J connectivity index is 1.12. The van der Waals surface area contributed by atoms with E-state index in [1.165, 1.54) is 23.8 Å². The Morgan fingerprint density at radius 3 is 2.38 bits per heavy atom. The maximum atomic E-state index is 15.4. The van der Waals surface area contributed by atoms with Crippen LogP contribution in [0.25, 0.3) is 11.0 Å². The van der Waals surface area contributed by atoms with Gasteiger partial charge in [-0.2, -0.15) is 0 Å². The van der Waals surface area contributed by atoms with E-state index in [2.05, 4.69) is 72.8 Å². The summed E-state index contributed by atoms with van der Waals surface area (Å²) >= 11 is 0. The minimum Gasteiger partial charge on any atom is -0.482 e. The molecule has 0 saturated heterocycles. The van der Waals surface area contributed by atoms with Crippen LogP contribution in [0.4, 0.5) is 0 Å². The molecule has 4 aromatic carbocycles. The number of methoxy groups -OCH3 is 1. The van der Waals surface area contributed by atoms with Crippen LogP contribution in [0.1, 0.15) is 159 Å². The van der Waals surface area contributed by atoms with Crippen LogP contribution >= 0.6 is 0 Å². The molecule has 6 aliphatic rings. The Kier molecular flexibility index (Phi) is 15.2. The second-order valence-corrected chi connectivity index (χ2v) is 21.4. The summed E-state index contributed by atoms with van der Waals surface area (Å²) in [6, 6.07) is 31.6. The largest absolute Gasteiger partial charge is 0.482 e. The van der Waals surface area contributed by atoms with Crippen LogP contribution < -0.4 is 10.4 Å². The Bertz CT molecular complexity index is 2820. The molecule has 4 heterocycles. The molecule has 0 amide bonds. The number of aliphatic hydroxyl groups is 3. The molecule has 3 N–H and O–H groups in total. The second-order valence-electron chi connectivity index (χ2n) is 21.4. The molecule has 9 unspecified atom stereocenters. The molecule has 11 rings (SSSR count). The molecule has 1 aromatic heterocycles. The van der Waals surface area contributed by atoms with Crippen molar-refractivity contribution in [1.82, 2.24) is 0 Å². The zero-order valence-electron chi connectivity index (χ0n) is 41.8. The lowest BCUT2D eigenvalue weighted by atomic mass is 9.59. The minimum atomic E-state index is -1.27. The number of aliphatic hydroxyl groups excluding tert-OH is 3. The lowest BCUT2D eigenvalue weighted by Crippen LogP contribution is -2.63. The maximum Gasteiger partial charge on any atom is 0.340 e. The monoisotopic (exact) mass is 978 g/mol. The van der Waals surface area contributed by atoms with Gasteiger partial charge >= 0.3 is 17.6 Å². The van der Waals surface area contributed by atoms with Crippen molar-refractivity contribution < 1.29 is 48.3 Å². The molecule has 3 fully saturated rings. The third kappa shape index (κ3) is 9.82. The molecule has 11 heteroatoms. The summed E-state index contributed by atoms with van der Waals surface area (Å²) in [6.45, 7) is 0.774. The lowest BCUT2D eigenvalue weighted by molar-refractivity contribution is -0.217. The first-order chi connectivity index (χ1) is 35.1. The van der Waals surface area contributed by atoms with Crippen LogP contribution in [0.2, 0.25) is 0 Å². The van der Waals surface area contributed by atoms with E-state index in [-0.39, 0.29) is 73.0 Å². The van der Waals surface area contributed by atoms with Gasteiger partial charge in [0, 0.05) is 48.5 Å². The number of carbonyl (C=O) groups excluding carboxylic acids is 2. The molecule has 3 aliphatic carbocycles. The predicted molar refractivity (Wildman–Crippen MR) is 274 cm³/mol. The van der Waals surface area contributed by atoms with Gasteiger partial charge < -0.3 is 38.7 Å². The van der Waals surface area contributed by atoms with Crippen LogP contribution in [0.15, 0.2) is 111 Å². The van der Waals surface area contributed by atoms with E-state index in [9.17, 15) is 20.1 Å². The van der Waals surface area contributed by atoms with E-state index >= 15 is 9.59 Å². The van der Waals surface area contributed by atoms with E-state index in [4.69, 9.17) is 23.4 Å². The fraction of sp³-hybridized carbons (Fsp3) is 0.492. The normalized spacial score (nSPS) is 27.7.